The highest BCUT2D eigenvalue weighted by Gasteiger charge is 2.21. The summed E-state index contributed by atoms with van der Waals surface area (Å²) in [7, 11) is 0. The van der Waals surface area contributed by atoms with E-state index >= 15 is 0 Å². The Hall–Kier alpha value is -1.75. The van der Waals surface area contributed by atoms with Gasteiger partial charge in [-0.2, -0.15) is 0 Å². The number of hydrogen-bond donors (Lipinski definition) is 2. The molecule has 96 valence electrons. The van der Waals surface area contributed by atoms with Crippen LogP contribution in [0.2, 0.25) is 0 Å². The first-order valence-corrected chi connectivity index (χ1v) is 6.33. The Morgan fingerprint density at radius 3 is 2.78 bits per heavy atom. The summed E-state index contributed by atoms with van der Waals surface area (Å²) in [5.74, 6) is 0. The highest BCUT2D eigenvalue weighted by molar-refractivity contribution is 5.94. The Kier molecular flexibility index (Phi) is 3.06. The zero-order chi connectivity index (χ0) is 12.4. The van der Waals surface area contributed by atoms with E-state index in [1.165, 1.54) is 0 Å². The first kappa shape index (κ1) is 11.3. The standard InChI is InChI=1S/C13H17N3O2/c17-13-14-6-7-16(13)12-3-1-10(2-4-12)15-11-5-8-18-9-11/h1-4,11,15H,5-9H2,(H,14,17). The van der Waals surface area contributed by atoms with Crippen molar-refractivity contribution in [2.75, 3.05) is 36.5 Å². The quantitative estimate of drug-likeness (QED) is 0.849. The number of carbonyl (C=O) groups excluding carboxylic acids is 1. The Balaban J connectivity index is 1.66. The molecule has 2 saturated heterocycles. The third-order valence-electron chi connectivity index (χ3n) is 3.34. The fraction of sp³-hybridized carbons (Fsp3) is 0.462. The van der Waals surface area contributed by atoms with Crippen LogP contribution < -0.4 is 15.5 Å². The average molecular weight is 247 g/mol. The maximum Gasteiger partial charge on any atom is 0.321 e. The predicted molar refractivity (Wildman–Crippen MR) is 70.0 cm³/mol. The number of ether oxygens (including phenoxy) is 1. The highest BCUT2D eigenvalue weighted by atomic mass is 16.5. The molecule has 5 heteroatoms. The van der Waals surface area contributed by atoms with Gasteiger partial charge in [0.2, 0.25) is 0 Å². The fourth-order valence-electron chi connectivity index (χ4n) is 2.34. The van der Waals surface area contributed by atoms with Crippen LogP contribution in [0.3, 0.4) is 0 Å². The number of benzene rings is 1. The summed E-state index contributed by atoms with van der Waals surface area (Å²) in [6.45, 7) is 3.07. The van der Waals surface area contributed by atoms with Crippen molar-refractivity contribution in [2.24, 2.45) is 0 Å². The molecule has 2 amide bonds. The van der Waals surface area contributed by atoms with Gasteiger partial charge in [-0.25, -0.2) is 4.79 Å². The minimum absolute atomic E-state index is 0.0140. The molecule has 2 heterocycles. The van der Waals surface area contributed by atoms with Crippen LogP contribution in [0.4, 0.5) is 16.2 Å². The van der Waals surface area contributed by atoms with Crippen LogP contribution in [0.1, 0.15) is 6.42 Å². The molecule has 0 radical (unpaired) electrons. The van der Waals surface area contributed by atoms with Crippen LogP contribution in [0.25, 0.3) is 0 Å². The van der Waals surface area contributed by atoms with Gasteiger partial charge in [0.15, 0.2) is 0 Å². The van der Waals surface area contributed by atoms with Gasteiger partial charge in [-0.05, 0) is 30.7 Å². The van der Waals surface area contributed by atoms with Crippen molar-refractivity contribution in [3.05, 3.63) is 24.3 Å². The SMILES string of the molecule is O=C1NCCN1c1ccc(NC2CCOC2)cc1. The van der Waals surface area contributed by atoms with E-state index in [1.54, 1.807) is 4.90 Å². The minimum Gasteiger partial charge on any atom is -0.380 e. The lowest BCUT2D eigenvalue weighted by molar-refractivity contribution is 0.195. The zero-order valence-electron chi connectivity index (χ0n) is 10.2. The lowest BCUT2D eigenvalue weighted by Crippen LogP contribution is -2.27. The second-order valence-electron chi connectivity index (χ2n) is 4.64. The van der Waals surface area contributed by atoms with Gasteiger partial charge in [-0.1, -0.05) is 0 Å². The smallest absolute Gasteiger partial charge is 0.321 e. The summed E-state index contributed by atoms with van der Waals surface area (Å²) in [5.41, 5.74) is 2.02. The van der Waals surface area contributed by atoms with Crippen molar-refractivity contribution in [3.63, 3.8) is 0 Å². The van der Waals surface area contributed by atoms with Crippen LogP contribution >= 0.6 is 0 Å². The third-order valence-corrected chi connectivity index (χ3v) is 3.34. The van der Waals surface area contributed by atoms with Crippen LogP contribution in [0.5, 0.6) is 0 Å². The zero-order valence-corrected chi connectivity index (χ0v) is 10.2. The van der Waals surface area contributed by atoms with E-state index in [4.69, 9.17) is 4.74 Å². The lowest BCUT2D eigenvalue weighted by Gasteiger charge is -2.16. The normalized spacial score (nSPS) is 23.2. The molecule has 1 aromatic rings. The van der Waals surface area contributed by atoms with E-state index in [0.29, 0.717) is 6.04 Å². The van der Waals surface area contributed by atoms with Crippen molar-refractivity contribution < 1.29 is 9.53 Å². The first-order valence-electron chi connectivity index (χ1n) is 6.33. The number of nitrogens with zero attached hydrogens (tertiary/aromatic N) is 1. The third kappa shape index (κ3) is 2.26. The van der Waals surface area contributed by atoms with Crippen molar-refractivity contribution in [1.82, 2.24) is 5.32 Å². The Bertz CT molecular complexity index is 426. The molecule has 0 aliphatic carbocycles. The van der Waals surface area contributed by atoms with Gasteiger partial charge < -0.3 is 15.4 Å². The molecule has 0 spiro atoms. The molecule has 2 aliphatic rings. The van der Waals surface area contributed by atoms with Gasteiger partial charge in [-0.3, -0.25) is 4.90 Å². The van der Waals surface area contributed by atoms with Crippen molar-refractivity contribution in [2.45, 2.75) is 12.5 Å². The van der Waals surface area contributed by atoms with Crippen LogP contribution in [0.15, 0.2) is 24.3 Å². The lowest BCUT2D eigenvalue weighted by atomic mass is 10.2. The number of carbonyl (C=O) groups is 1. The number of nitrogens with one attached hydrogen (secondary N) is 2. The van der Waals surface area contributed by atoms with Crippen molar-refractivity contribution in [1.29, 1.82) is 0 Å². The topological polar surface area (TPSA) is 53.6 Å². The first-order chi connectivity index (χ1) is 8.83. The number of rotatable bonds is 3. The summed E-state index contributed by atoms with van der Waals surface area (Å²) in [4.78, 5) is 13.3. The van der Waals surface area contributed by atoms with E-state index in [2.05, 4.69) is 10.6 Å². The minimum atomic E-state index is -0.0140. The van der Waals surface area contributed by atoms with Crippen LogP contribution in [-0.2, 0) is 4.74 Å². The number of hydrogen-bond acceptors (Lipinski definition) is 3. The Morgan fingerprint density at radius 2 is 2.17 bits per heavy atom. The van der Waals surface area contributed by atoms with Gasteiger partial charge >= 0.3 is 6.03 Å². The molecule has 2 fully saturated rings. The molecule has 18 heavy (non-hydrogen) atoms. The van der Waals surface area contributed by atoms with Crippen molar-refractivity contribution in [3.8, 4) is 0 Å². The molecule has 2 N–H and O–H groups in total. The van der Waals surface area contributed by atoms with Gasteiger partial charge in [0, 0.05) is 31.1 Å². The van der Waals surface area contributed by atoms with Gasteiger partial charge in [-0.15, -0.1) is 0 Å². The predicted octanol–water partition coefficient (Wildman–Crippen LogP) is 1.42. The molecule has 2 aliphatic heterocycles. The van der Waals surface area contributed by atoms with E-state index in [1.807, 2.05) is 24.3 Å². The molecule has 1 unspecified atom stereocenters. The maximum absolute atomic E-state index is 11.5. The van der Waals surface area contributed by atoms with E-state index < -0.39 is 0 Å². The summed E-state index contributed by atoms with van der Waals surface area (Å²) >= 11 is 0. The van der Waals surface area contributed by atoms with Gasteiger partial charge in [0.25, 0.3) is 0 Å². The monoisotopic (exact) mass is 247 g/mol. The summed E-state index contributed by atoms with van der Waals surface area (Å²) in [6, 6.07) is 8.37. The Labute approximate surface area is 106 Å². The largest absolute Gasteiger partial charge is 0.380 e. The number of urea groups is 1. The van der Waals surface area contributed by atoms with E-state index in [0.717, 1.165) is 44.1 Å². The molecule has 0 bridgehead atoms. The maximum atomic E-state index is 11.5. The van der Waals surface area contributed by atoms with Crippen LogP contribution in [0, 0.1) is 0 Å². The van der Waals surface area contributed by atoms with E-state index in [-0.39, 0.29) is 6.03 Å². The fourth-order valence-corrected chi connectivity index (χ4v) is 2.34. The second-order valence-corrected chi connectivity index (χ2v) is 4.64. The molecular formula is C13H17N3O2. The van der Waals surface area contributed by atoms with Gasteiger partial charge in [0.05, 0.1) is 12.6 Å². The molecule has 1 aromatic carbocycles. The molecule has 0 aromatic heterocycles. The molecular weight excluding hydrogens is 230 g/mol. The Morgan fingerprint density at radius 1 is 1.33 bits per heavy atom. The number of anilines is 2. The van der Waals surface area contributed by atoms with Crippen LogP contribution in [-0.4, -0.2) is 38.4 Å². The van der Waals surface area contributed by atoms with Gasteiger partial charge in [0.1, 0.15) is 0 Å². The average Bonchev–Trinajstić information content (AvgIpc) is 3.02. The summed E-state index contributed by atoms with van der Waals surface area (Å²) in [5, 5.41) is 6.22. The second kappa shape index (κ2) is 4.86. The molecule has 5 nitrogen and oxygen atoms in total. The molecule has 1 atom stereocenters. The highest BCUT2D eigenvalue weighted by Crippen LogP contribution is 2.21. The summed E-state index contributed by atoms with van der Waals surface area (Å²) < 4.78 is 5.32. The summed E-state index contributed by atoms with van der Waals surface area (Å²) in [6.07, 6.45) is 1.05. The number of amides is 2. The molecule has 3 rings (SSSR count). The molecule has 0 saturated carbocycles. The van der Waals surface area contributed by atoms with Crippen molar-refractivity contribution >= 4 is 17.4 Å². The van der Waals surface area contributed by atoms with E-state index in [9.17, 15) is 4.79 Å².